The van der Waals surface area contributed by atoms with Crippen molar-refractivity contribution >= 4 is 24.4 Å². The van der Waals surface area contributed by atoms with E-state index in [2.05, 4.69) is 23.8 Å². The van der Waals surface area contributed by atoms with Gasteiger partial charge >= 0.3 is 11.9 Å². The summed E-state index contributed by atoms with van der Waals surface area (Å²) in [4.78, 5) is 34.1. The molecule has 4 aromatic rings. The molecule has 0 unspecified atom stereocenters. The number of phenols is 2. The molecule has 0 radical (unpaired) electrons. The number of esters is 2. The Bertz CT molecular complexity index is 1770. The van der Waals surface area contributed by atoms with Crippen LogP contribution in [0.1, 0.15) is 148 Å². The normalized spacial score (nSPS) is 11.3. The molecule has 60 heavy (non-hydrogen) atoms. The molecule has 322 valence electrons. The third-order valence-corrected chi connectivity index (χ3v) is 9.96. The molecule has 0 amide bonds. The van der Waals surface area contributed by atoms with Crippen LogP contribution in [0.5, 0.6) is 34.5 Å². The SMILES string of the molecule is CCCCCCCCCCOc1ccc(C(=O)Oc2ccc(C=NCCN=Cc3ccc(OC(=O)c4ccc(OCCCCCCCCCC)cc4)cc3O)c(O)c2)cc1. The minimum atomic E-state index is -0.541. The lowest BCUT2D eigenvalue weighted by molar-refractivity contribution is 0.0724. The van der Waals surface area contributed by atoms with Crippen LogP contribution in [0.15, 0.2) is 94.9 Å². The summed E-state index contributed by atoms with van der Waals surface area (Å²) >= 11 is 0. The van der Waals surface area contributed by atoms with Crippen molar-refractivity contribution < 1.29 is 38.7 Å². The van der Waals surface area contributed by atoms with Gasteiger partial charge in [-0.05, 0) is 85.6 Å². The molecule has 0 atom stereocenters. The van der Waals surface area contributed by atoms with E-state index in [9.17, 15) is 19.8 Å². The Morgan fingerprint density at radius 3 is 1.15 bits per heavy atom. The van der Waals surface area contributed by atoms with Gasteiger partial charge in [-0.15, -0.1) is 0 Å². The van der Waals surface area contributed by atoms with Crippen molar-refractivity contribution in [3.8, 4) is 34.5 Å². The van der Waals surface area contributed by atoms with Gasteiger partial charge in [0.25, 0.3) is 0 Å². The van der Waals surface area contributed by atoms with Gasteiger partial charge in [0.05, 0.1) is 37.4 Å². The highest BCUT2D eigenvalue weighted by Gasteiger charge is 2.12. The van der Waals surface area contributed by atoms with Crippen LogP contribution in [-0.4, -0.2) is 60.9 Å². The van der Waals surface area contributed by atoms with Gasteiger partial charge in [-0.25, -0.2) is 9.59 Å². The number of ether oxygens (including phenoxy) is 4. The Kier molecular flexibility index (Phi) is 21.9. The lowest BCUT2D eigenvalue weighted by atomic mass is 10.1. The van der Waals surface area contributed by atoms with Crippen LogP contribution in [0.2, 0.25) is 0 Å². The van der Waals surface area contributed by atoms with E-state index in [4.69, 9.17) is 18.9 Å². The number of carbonyl (C=O) groups is 2. The number of hydrogen-bond acceptors (Lipinski definition) is 10. The summed E-state index contributed by atoms with van der Waals surface area (Å²) in [5, 5.41) is 21.0. The molecule has 0 spiro atoms. The Hall–Kier alpha value is -5.64. The first-order chi connectivity index (χ1) is 29.4. The van der Waals surface area contributed by atoms with E-state index in [1.165, 1.54) is 102 Å². The largest absolute Gasteiger partial charge is 0.507 e. The van der Waals surface area contributed by atoms with E-state index >= 15 is 0 Å². The van der Waals surface area contributed by atoms with Crippen LogP contribution >= 0.6 is 0 Å². The van der Waals surface area contributed by atoms with Crippen LogP contribution in [0, 0.1) is 0 Å². The van der Waals surface area contributed by atoms with Crippen LogP contribution in [-0.2, 0) is 0 Å². The number of unbranched alkanes of at least 4 members (excludes halogenated alkanes) is 14. The van der Waals surface area contributed by atoms with Crippen molar-refractivity contribution in [2.45, 2.75) is 117 Å². The molecule has 0 saturated heterocycles. The lowest BCUT2D eigenvalue weighted by Crippen LogP contribution is -2.08. The zero-order valence-corrected chi connectivity index (χ0v) is 35.6. The Balaban J connectivity index is 1.12. The molecule has 4 rings (SSSR count). The topological polar surface area (TPSA) is 136 Å². The van der Waals surface area contributed by atoms with Gasteiger partial charge in [-0.3, -0.25) is 9.98 Å². The maximum Gasteiger partial charge on any atom is 0.343 e. The van der Waals surface area contributed by atoms with Crippen molar-refractivity contribution in [3.05, 3.63) is 107 Å². The van der Waals surface area contributed by atoms with E-state index < -0.39 is 11.9 Å². The third-order valence-electron chi connectivity index (χ3n) is 9.96. The first-order valence-corrected chi connectivity index (χ1v) is 21.9. The van der Waals surface area contributed by atoms with Crippen LogP contribution in [0.3, 0.4) is 0 Å². The number of aromatic hydroxyl groups is 2. The van der Waals surface area contributed by atoms with Gasteiger partial charge in [0.15, 0.2) is 0 Å². The highest BCUT2D eigenvalue weighted by Crippen LogP contribution is 2.25. The number of carbonyl (C=O) groups excluding carboxylic acids is 2. The first-order valence-electron chi connectivity index (χ1n) is 21.9. The van der Waals surface area contributed by atoms with Gasteiger partial charge in [-0.2, -0.15) is 0 Å². The van der Waals surface area contributed by atoms with Gasteiger partial charge in [0, 0.05) is 35.7 Å². The third kappa shape index (κ3) is 18.1. The fourth-order valence-corrected chi connectivity index (χ4v) is 6.39. The zero-order chi connectivity index (χ0) is 42.6. The van der Waals surface area contributed by atoms with E-state index in [0.29, 0.717) is 60.1 Å². The first kappa shape index (κ1) is 47.0. The molecule has 0 fully saturated rings. The molecule has 0 heterocycles. The summed E-state index contributed by atoms with van der Waals surface area (Å²) in [7, 11) is 0. The molecule has 0 aliphatic carbocycles. The Morgan fingerprint density at radius 2 is 0.800 bits per heavy atom. The van der Waals surface area contributed by atoms with Gasteiger partial charge in [0.1, 0.15) is 34.5 Å². The van der Waals surface area contributed by atoms with Crippen molar-refractivity contribution in [1.82, 2.24) is 0 Å². The molecular formula is C50H64N2O8. The highest BCUT2D eigenvalue weighted by molar-refractivity contribution is 5.92. The van der Waals surface area contributed by atoms with Crippen molar-refractivity contribution in [1.29, 1.82) is 0 Å². The Morgan fingerprint density at radius 1 is 0.467 bits per heavy atom. The minimum Gasteiger partial charge on any atom is -0.507 e. The predicted molar refractivity (Wildman–Crippen MR) is 240 cm³/mol. The van der Waals surface area contributed by atoms with Crippen LogP contribution in [0.4, 0.5) is 0 Å². The van der Waals surface area contributed by atoms with Gasteiger partial charge in [-0.1, -0.05) is 104 Å². The minimum absolute atomic E-state index is 0.0849. The van der Waals surface area contributed by atoms with Crippen LogP contribution < -0.4 is 18.9 Å². The molecule has 0 aliphatic rings. The molecule has 0 aliphatic heterocycles. The molecule has 0 saturated carbocycles. The molecule has 4 aromatic carbocycles. The number of benzene rings is 4. The number of aliphatic imine (C=N–C) groups is 2. The van der Waals surface area contributed by atoms with E-state index in [-0.39, 0.29) is 23.0 Å². The molecule has 0 aromatic heterocycles. The predicted octanol–water partition coefficient (Wildman–Crippen LogP) is 12.1. The summed E-state index contributed by atoms with van der Waals surface area (Å²) in [6, 6.07) is 22.8. The zero-order valence-electron chi connectivity index (χ0n) is 35.6. The molecule has 10 nitrogen and oxygen atoms in total. The number of phenolic OH excluding ortho intramolecular Hbond substituents is 2. The maximum absolute atomic E-state index is 12.7. The molecule has 2 N–H and O–H groups in total. The fourth-order valence-electron chi connectivity index (χ4n) is 6.39. The monoisotopic (exact) mass is 820 g/mol. The number of hydrogen-bond donors (Lipinski definition) is 2. The molecule has 10 heteroatoms. The van der Waals surface area contributed by atoms with Gasteiger partial charge < -0.3 is 29.2 Å². The van der Waals surface area contributed by atoms with E-state index in [0.717, 1.165) is 25.7 Å². The number of rotatable bonds is 29. The van der Waals surface area contributed by atoms with Crippen molar-refractivity contribution in [2.24, 2.45) is 9.98 Å². The van der Waals surface area contributed by atoms with Gasteiger partial charge in [0.2, 0.25) is 0 Å². The molecule has 0 bridgehead atoms. The summed E-state index contributed by atoms with van der Waals surface area (Å²) in [6.45, 7) is 6.40. The summed E-state index contributed by atoms with van der Waals surface area (Å²) < 4.78 is 22.6. The van der Waals surface area contributed by atoms with Crippen molar-refractivity contribution in [2.75, 3.05) is 26.3 Å². The maximum atomic E-state index is 12.7. The average Bonchev–Trinajstić information content (AvgIpc) is 3.25. The van der Waals surface area contributed by atoms with E-state index in [1.807, 2.05) is 0 Å². The van der Waals surface area contributed by atoms with E-state index in [1.54, 1.807) is 72.8 Å². The molecular weight excluding hydrogens is 757 g/mol. The fraction of sp³-hybridized carbons (Fsp3) is 0.440. The highest BCUT2D eigenvalue weighted by atomic mass is 16.5. The Labute approximate surface area is 356 Å². The number of nitrogens with zero attached hydrogens (tertiary/aromatic N) is 2. The quantitative estimate of drug-likeness (QED) is 0.0239. The lowest BCUT2D eigenvalue weighted by Gasteiger charge is -2.08. The smallest absolute Gasteiger partial charge is 0.343 e. The summed E-state index contributed by atoms with van der Waals surface area (Å²) in [6.07, 6.45) is 22.8. The second-order valence-electron chi connectivity index (χ2n) is 15.0. The summed E-state index contributed by atoms with van der Waals surface area (Å²) in [5.41, 5.74) is 1.66. The average molecular weight is 821 g/mol. The van der Waals surface area contributed by atoms with Crippen molar-refractivity contribution in [3.63, 3.8) is 0 Å². The summed E-state index contributed by atoms with van der Waals surface area (Å²) in [5.74, 6) is 0.582. The standard InChI is InChI=1S/C50H64N2O8/c1-3-5-7-9-11-13-15-17-33-57-43-25-19-39(20-26-43)49(55)59-45-29-23-41(47(53)35-45)37-51-31-32-52-38-42-24-30-46(36-48(42)54)60-50(56)40-21-27-44(28-22-40)58-34-18-16-14-12-10-8-6-4-2/h19-30,35-38,53-54H,3-18,31-34H2,1-2H3. The second-order valence-corrected chi connectivity index (χ2v) is 15.0. The second kappa shape index (κ2) is 27.9. The van der Waals surface area contributed by atoms with Crippen LogP contribution in [0.25, 0.3) is 0 Å².